The number of nitrogens with one attached hydrogen (secondary N) is 1. The molecule has 0 aliphatic carbocycles. The average molecular weight is 233 g/mol. The maximum Gasteiger partial charge on any atom is 0.119 e. The van der Waals surface area contributed by atoms with Crippen LogP contribution in [0.5, 0.6) is 5.75 Å². The van der Waals surface area contributed by atoms with E-state index in [4.69, 9.17) is 4.74 Å². The summed E-state index contributed by atoms with van der Waals surface area (Å²) < 4.78 is 5.18. The van der Waals surface area contributed by atoms with E-state index in [1.54, 1.807) is 7.11 Å². The second-order valence-corrected chi connectivity index (χ2v) is 4.57. The second kappa shape index (κ2) is 7.91. The topological polar surface area (TPSA) is 21.3 Å². The summed E-state index contributed by atoms with van der Waals surface area (Å²) in [5.41, 5.74) is 1.19. The third-order valence-corrected chi connectivity index (χ3v) is 2.44. The molecule has 0 amide bonds. The van der Waals surface area contributed by atoms with Gasteiger partial charge in [0, 0.05) is 0 Å². The summed E-state index contributed by atoms with van der Waals surface area (Å²) in [5.74, 6) is 1.63. The molecule has 0 spiro atoms. The van der Waals surface area contributed by atoms with Crippen molar-refractivity contribution in [1.82, 2.24) is 5.32 Å². The lowest BCUT2D eigenvalue weighted by molar-refractivity contribution is 0.414. The standard InChI is InChI=1S/C15H23NO/c1-13(2)12-16-10-5-4-7-14-8-6-9-15(11-14)17-3/h4,6-9,11,13,16H,5,10,12H2,1-3H3. The first-order valence-electron chi connectivity index (χ1n) is 6.23. The minimum absolute atomic E-state index is 0.720. The zero-order chi connectivity index (χ0) is 12.5. The monoisotopic (exact) mass is 233 g/mol. The quantitative estimate of drug-likeness (QED) is 0.729. The predicted octanol–water partition coefficient (Wildman–Crippen LogP) is 3.34. The highest BCUT2D eigenvalue weighted by molar-refractivity contribution is 5.51. The van der Waals surface area contributed by atoms with E-state index in [9.17, 15) is 0 Å². The number of methoxy groups -OCH3 is 1. The smallest absolute Gasteiger partial charge is 0.119 e. The summed E-state index contributed by atoms with van der Waals surface area (Å²) in [6.45, 7) is 6.57. The maximum atomic E-state index is 5.18. The number of rotatable bonds is 7. The Morgan fingerprint density at radius 2 is 2.18 bits per heavy atom. The van der Waals surface area contributed by atoms with Gasteiger partial charge in [0.1, 0.15) is 5.75 Å². The lowest BCUT2D eigenvalue weighted by Crippen LogP contribution is -2.20. The number of benzene rings is 1. The zero-order valence-corrected chi connectivity index (χ0v) is 11.1. The molecule has 17 heavy (non-hydrogen) atoms. The van der Waals surface area contributed by atoms with Crippen molar-refractivity contribution in [2.24, 2.45) is 5.92 Å². The van der Waals surface area contributed by atoms with E-state index in [0.717, 1.165) is 31.2 Å². The minimum Gasteiger partial charge on any atom is -0.497 e. The van der Waals surface area contributed by atoms with E-state index < -0.39 is 0 Å². The number of ether oxygens (including phenoxy) is 1. The van der Waals surface area contributed by atoms with Crippen LogP contribution in [-0.4, -0.2) is 20.2 Å². The zero-order valence-electron chi connectivity index (χ0n) is 11.1. The van der Waals surface area contributed by atoms with Crippen LogP contribution in [-0.2, 0) is 0 Å². The molecule has 0 bridgehead atoms. The summed E-state index contributed by atoms with van der Waals surface area (Å²) in [5, 5.41) is 3.42. The Morgan fingerprint density at radius 1 is 1.35 bits per heavy atom. The molecule has 1 rings (SSSR count). The fraction of sp³-hybridized carbons (Fsp3) is 0.467. The van der Waals surface area contributed by atoms with Crippen LogP contribution in [0.4, 0.5) is 0 Å². The van der Waals surface area contributed by atoms with Crippen LogP contribution in [0.1, 0.15) is 25.8 Å². The van der Waals surface area contributed by atoms with Crippen molar-refractivity contribution in [2.45, 2.75) is 20.3 Å². The van der Waals surface area contributed by atoms with Gasteiger partial charge in [-0.2, -0.15) is 0 Å². The molecular weight excluding hydrogens is 210 g/mol. The van der Waals surface area contributed by atoms with Gasteiger partial charge in [-0.05, 0) is 43.1 Å². The maximum absolute atomic E-state index is 5.18. The largest absolute Gasteiger partial charge is 0.497 e. The SMILES string of the molecule is COc1cccc(C=CCCNCC(C)C)c1. The van der Waals surface area contributed by atoms with Gasteiger partial charge >= 0.3 is 0 Å². The first-order valence-corrected chi connectivity index (χ1v) is 6.23. The van der Waals surface area contributed by atoms with Crippen LogP contribution < -0.4 is 10.1 Å². The summed E-state index contributed by atoms with van der Waals surface area (Å²) in [6.07, 6.45) is 5.39. The number of hydrogen-bond donors (Lipinski definition) is 1. The van der Waals surface area contributed by atoms with E-state index in [1.165, 1.54) is 5.56 Å². The Labute approximate surface area is 105 Å². The summed E-state index contributed by atoms with van der Waals surface area (Å²) in [7, 11) is 1.69. The van der Waals surface area contributed by atoms with Crippen molar-refractivity contribution in [3.63, 3.8) is 0 Å². The van der Waals surface area contributed by atoms with Crippen molar-refractivity contribution in [3.8, 4) is 5.75 Å². The molecule has 0 aliphatic heterocycles. The van der Waals surface area contributed by atoms with E-state index in [2.05, 4.69) is 37.4 Å². The van der Waals surface area contributed by atoms with E-state index in [-0.39, 0.29) is 0 Å². The molecule has 1 N–H and O–H groups in total. The van der Waals surface area contributed by atoms with Crippen molar-refractivity contribution in [1.29, 1.82) is 0 Å². The first-order chi connectivity index (χ1) is 8.22. The van der Waals surface area contributed by atoms with Crippen molar-refractivity contribution < 1.29 is 4.74 Å². The molecule has 0 saturated carbocycles. The molecule has 0 atom stereocenters. The Hall–Kier alpha value is -1.28. The summed E-state index contributed by atoms with van der Waals surface area (Å²) in [6, 6.07) is 8.09. The van der Waals surface area contributed by atoms with Crippen LogP contribution in [0.15, 0.2) is 30.3 Å². The lowest BCUT2D eigenvalue weighted by Gasteiger charge is -2.05. The van der Waals surface area contributed by atoms with Gasteiger partial charge in [0.15, 0.2) is 0 Å². The van der Waals surface area contributed by atoms with Crippen LogP contribution in [0, 0.1) is 5.92 Å². The van der Waals surface area contributed by atoms with Crippen LogP contribution in [0.25, 0.3) is 6.08 Å². The summed E-state index contributed by atoms with van der Waals surface area (Å²) >= 11 is 0. The molecule has 0 unspecified atom stereocenters. The predicted molar refractivity (Wildman–Crippen MR) is 74.4 cm³/mol. The molecule has 2 nitrogen and oxygen atoms in total. The highest BCUT2D eigenvalue weighted by Crippen LogP contribution is 2.13. The van der Waals surface area contributed by atoms with Gasteiger partial charge in [0.25, 0.3) is 0 Å². The van der Waals surface area contributed by atoms with Crippen molar-refractivity contribution in [3.05, 3.63) is 35.9 Å². The molecule has 94 valence electrons. The van der Waals surface area contributed by atoms with Gasteiger partial charge in [0.2, 0.25) is 0 Å². The van der Waals surface area contributed by atoms with Crippen molar-refractivity contribution in [2.75, 3.05) is 20.2 Å². The molecule has 1 aromatic rings. The van der Waals surface area contributed by atoms with E-state index in [0.29, 0.717) is 0 Å². The van der Waals surface area contributed by atoms with Gasteiger partial charge in [-0.15, -0.1) is 0 Å². The third-order valence-electron chi connectivity index (χ3n) is 2.44. The van der Waals surface area contributed by atoms with Crippen LogP contribution in [0.2, 0.25) is 0 Å². The highest BCUT2D eigenvalue weighted by Gasteiger charge is 1.92. The Bertz CT molecular complexity index is 345. The summed E-state index contributed by atoms with van der Waals surface area (Å²) in [4.78, 5) is 0. The third kappa shape index (κ3) is 6.12. The van der Waals surface area contributed by atoms with E-state index in [1.807, 2.05) is 18.2 Å². The van der Waals surface area contributed by atoms with Crippen LogP contribution >= 0.6 is 0 Å². The number of hydrogen-bond acceptors (Lipinski definition) is 2. The van der Waals surface area contributed by atoms with Gasteiger partial charge in [-0.1, -0.05) is 38.1 Å². The Kier molecular flexibility index (Phi) is 6.41. The van der Waals surface area contributed by atoms with Gasteiger partial charge in [-0.25, -0.2) is 0 Å². The fourth-order valence-electron chi connectivity index (χ4n) is 1.54. The lowest BCUT2D eigenvalue weighted by atomic mass is 10.2. The van der Waals surface area contributed by atoms with Crippen LogP contribution in [0.3, 0.4) is 0 Å². The molecular formula is C15H23NO. The molecule has 0 saturated heterocycles. The minimum atomic E-state index is 0.720. The molecule has 2 heteroatoms. The molecule has 0 fully saturated rings. The highest BCUT2D eigenvalue weighted by atomic mass is 16.5. The van der Waals surface area contributed by atoms with Crippen molar-refractivity contribution >= 4 is 6.08 Å². The Balaban J connectivity index is 2.28. The van der Waals surface area contributed by atoms with Gasteiger partial charge in [-0.3, -0.25) is 0 Å². The molecule has 1 aromatic carbocycles. The van der Waals surface area contributed by atoms with Gasteiger partial charge in [0.05, 0.1) is 7.11 Å². The molecule has 0 radical (unpaired) electrons. The van der Waals surface area contributed by atoms with E-state index >= 15 is 0 Å². The average Bonchev–Trinajstić information content (AvgIpc) is 2.33. The second-order valence-electron chi connectivity index (χ2n) is 4.57. The fourth-order valence-corrected chi connectivity index (χ4v) is 1.54. The normalized spacial score (nSPS) is 11.3. The molecule has 0 heterocycles. The first kappa shape index (κ1) is 13.8. The Morgan fingerprint density at radius 3 is 2.88 bits per heavy atom. The molecule has 0 aliphatic rings. The van der Waals surface area contributed by atoms with Gasteiger partial charge < -0.3 is 10.1 Å². The molecule has 0 aromatic heterocycles.